The second-order valence-corrected chi connectivity index (χ2v) is 9.09. The number of rotatable bonds is 5. The van der Waals surface area contributed by atoms with Crippen molar-refractivity contribution in [2.75, 3.05) is 25.9 Å². The number of hydrogen-bond donors (Lipinski definition) is 2. The molecule has 0 bridgehead atoms. The topological polar surface area (TPSA) is 154 Å². The number of pyridine rings is 1. The van der Waals surface area contributed by atoms with Gasteiger partial charge in [-0.2, -0.15) is 23.4 Å². The van der Waals surface area contributed by atoms with Crippen LogP contribution in [0.5, 0.6) is 5.88 Å². The molecule has 1 fully saturated rings. The molecule has 0 spiro atoms. The Hall–Kier alpha value is -4.60. The molecule has 0 aromatic carbocycles. The Balaban J connectivity index is 1.43. The maximum absolute atomic E-state index is 14.9. The molecule has 4 aromatic rings. The van der Waals surface area contributed by atoms with Crippen molar-refractivity contribution in [3.63, 3.8) is 0 Å². The quantitative estimate of drug-likeness (QED) is 0.339. The molecule has 12 nitrogen and oxygen atoms in total. The number of amides is 2. The minimum absolute atomic E-state index is 0.0153. The first kappa shape index (κ1) is 27.0. The molecule has 40 heavy (non-hydrogen) atoms. The minimum atomic E-state index is -4.78. The van der Waals surface area contributed by atoms with Crippen molar-refractivity contribution in [2.45, 2.75) is 18.4 Å². The summed E-state index contributed by atoms with van der Waals surface area (Å²) in [5.41, 5.74) is 4.06. The van der Waals surface area contributed by atoms with Crippen molar-refractivity contribution >= 4 is 34.7 Å². The fraction of sp³-hybridized carbons (Fsp3) is 0.261. The largest absolute Gasteiger partial charge is 0.480 e. The number of ether oxygens (including phenoxy) is 1. The van der Waals surface area contributed by atoms with E-state index in [4.69, 9.17) is 22.1 Å². The van der Waals surface area contributed by atoms with Crippen LogP contribution in [0.3, 0.4) is 0 Å². The first-order chi connectivity index (χ1) is 19.0. The number of likely N-dealkylation sites (tertiary alicyclic amines) is 1. The zero-order valence-electron chi connectivity index (χ0n) is 20.4. The average Bonchev–Trinajstić information content (AvgIpc) is 3.49. The summed E-state index contributed by atoms with van der Waals surface area (Å²) in [5, 5.41) is 13.5. The van der Waals surface area contributed by atoms with Gasteiger partial charge in [-0.3, -0.25) is 9.59 Å². The summed E-state index contributed by atoms with van der Waals surface area (Å²) in [7, 11) is 1.24. The van der Waals surface area contributed by atoms with Crippen LogP contribution in [0, 0.1) is 0 Å². The number of aromatic nitrogens is 6. The number of carbonyl (C=O) groups is 2. The molecular weight excluding hydrogens is 562 g/mol. The number of nitrogens with one attached hydrogen (secondary N) is 1. The number of anilines is 1. The molecule has 2 atom stereocenters. The molecule has 3 N–H and O–H groups in total. The normalized spacial score (nSPS) is 17.3. The Morgan fingerprint density at radius 1 is 1.18 bits per heavy atom. The highest BCUT2D eigenvalue weighted by Gasteiger charge is 2.38. The van der Waals surface area contributed by atoms with E-state index in [2.05, 4.69) is 30.6 Å². The summed E-state index contributed by atoms with van der Waals surface area (Å²) in [6.45, 7) is -0.480. The van der Waals surface area contributed by atoms with Crippen LogP contribution in [0.4, 0.5) is 23.4 Å². The molecule has 0 aliphatic carbocycles. The van der Waals surface area contributed by atoms with Gasteiger partial charge in [-0.25, -0.2) is 18.9 Å². The number of nitrogens with zero attached hydrogens (tertiary/aromatic N) is 7. The predicted octanol–water partition coefficient (Wildman–Crippen LogP) is 2.44. The third kappa shape index (κ3) is 4.92. The number of methoxy groups -OCH3 is 1. The van der Waals surface area contributed by atoms with E-state index in [1.54, 1.807) is 0 Å². The fourth-order valence-corrected chi connectivity index (χ4v) is 4.52. The van der Waals surface area contributed by atoms with Gasteiger partial charge in [0.05, 0.1) is 42.7 Å². The maximum atomic E-state index is 14.9. The van der Waals surface area contributed by atoms with Crippen molar-refractivity contribution < 1.29 is 31.9 Å². The lowest BCUT2D eigenvalue weighted by molar-refractivity contribution is -0.136. The standard InChI is InChI=1S/C23H18ClF4N9O3/c1-40-21-12(20(38)34-15-8-36(7-14(15)25)22(39)11-3-17(24)35-32-6-11)2-10(5-30-21)16-4-13(23(26,27)28)18-19(29)31-9-33-37(16)18/h2-6,9,14-15H,7-8H2,1H3,(H,34,38)(H2,29,31,33)/t14-,15+/m0/s1. The Morgan fingerprint density at radius 3 is 2.65 bits per heavy atom. The molecule has 208 valence electrons. The van der Waals surface area contributed by atoms with Crippen molar-refractivity contribution in [1.82, 2.24) is 40.0 Å². The van der Waals surface area contributed by atoms with Crippen molar-refractivity contribution in [3.05, 3.63) is 58.8 Å². The molecule has 1 aliphatic heterocycles. The number of hydrogen-bond acceptors (Lipinski definition) is 9. The number of fused-ring (bicyclic) bond motifs is 1. The van der Waals surface area contributed by atoms with Crippen molar-refractivity contribution in [3.8, 4) is 17.1 Å². The fourth-order valence-electron chi connectivity index (χ4n) is 4.36. The van der Waals surface area contributed by atoms with Gasteiger partial charge in [0.15, 0.2) is 11.0 Å². The monoisotopic (exact) mass is 579 g/mol. The van der Waals surface area contributed by atoms with Crippen molar-refractivity contribution in [2.24, 2.45) is 0 Å². The van der Waals surface area contributed by atoms with Crippen LogP contribution in [0.2, 0.25) is 5.15 Å². The molecule has 1 aliphatic rings. The highest BCUT2D eigenvalue weighted by atomic mass is 35.5. The zero-order chi connectivity index (χ0) is 28.8. The Bertz CT molecular complexity index is 1630. The van der Waals surface area contributed by atoms with Crippen LogP contribution >= 0.6 is 11.6 Å². The van der Waals surface area contributed by atoms with Crippen LogP contribution in [-0.4, -0.2) is 78.9 Å². The number of nitrogens with two attached hydrogens (primary N) is 1. The highest BCUT2D eigenvalue weighted by molar-refractivity contribution is 6.29. The van der Waals surface area contributed by atoms with Gasteiger partial charge in [-0.05, 0) is 18.2 Å². The molecule has 17 heteroatoms. The second-order valence-electron chi connectivity index (χ2n) is 8.70. The van der Waals surface area contributed by atoms with E-state index in [0.29, 0.717) is 0 Å². The van der Waals surface area contributed by atoms with Crippen molar-refractivity contribution in [1.29, 1.82) is 0 Å². The zero-order valence-corrected chi connectivity index (χ0v) is 21.1. The van der Waals surface area contributed by atoms with Gasteiger partial charge >= 0.3 is 6.18 Å². The summed E-state index contributed by atoms with van der Waals surface area (Å²) < 4.78 is 62.2. The average molecular weight is 580 g/mol. The van der Waals surface area contributed by atoms with Crippen LogP contribution in [0.1, 0.15) is 26.3 Å². The van der Waals surface area contributed by atoms with Crippen LogP contribution in [0.25, 0.3) is 16.8 Å². The summed E-state index contributed by atoms with van der Waals surface area (Å²) in [4.78, 5) is 34.8. The summed E-state index contributed by atoms with van der Waals surface area (Å²) in [6, 6.07) is 2.22. The first-order valence-electron chi connectivity index (χ1n) is 11.4. The lowest BCUT2D eigenvalue weighted by Gasteiger charge is -2.17. The van der Waals surface area contributed by atoms with Gasteiger partial charge in [0, 0.05) is 18.3 Å². The Kier molecular flexibility index (Phi) is 6.87. The summed E-state index contributed by atoms with van der Waals surface area (Å²) >= 11 is 5.78. The minimum Gasteiger partial charge on any atom is -0.480 e. The number of alkyl halides is 4. The molecule has 1 saturated heterocycles. The third-order valence-electron chi connectivity index (χ3n) is 6.20. The maximum Gasteiger partial charge on any atom is 0.418 e. The predicted molar refractivity (Wildman–Crippen MR) is 131 cm³/mol. The van der Waals surface area contributed by atoms with Gasteiger partial charge in [0.1, 0.15) is 23.6 Å². The molecular formula is C23H18ClF4N9O3. The van der Waals surface area contributed by atoms with Gasteiger partial charge in [0.2, 0.25) is 5.88 Å². The summed E-state index contributed by atoms with van der Waals surface area (Å²) in [5.74, 6) is -1.94. The van der Waals surface area contributed by atoms with Gasteiger partial charge < -0.3 is 20.7 Å². The molecule has 0 radical (unpaired) electrons. The number of nitrogen functional groups attached to an aromatic ring is 1. The SMILES string of the molecule is COc1ncc(-c2cc(C(F)(F)F)c3c(N)ncnn23)cc1C(=O)N[C@@H]1CN(C(=O)c2cnnc(Cl)c2)C[C@@H]1F. The Labute approximate surface area is 227 Å². The van der Waals surface area contributed by atoms with Gasteiger partial charge in [-0.1, -0.05) is 11.6 Å². The smallest absolute Gasteiger partial charge is 0.418 e. The van der Waals surface area contributed by atoms with Crippen LogP contribution in [0.15, 0.2) is 36.9 Å². The molecule has 2 amide bonds. The number of carbonyl (C=O) groups excluding carboxylic acids is 2. The van der Waals surface area contributed by atoms with E-state index in [1.165, 1.54) is 36.5 Å². The van der Waals surface area contributed by atoms with E-state index in [9.17, 15) is 27.2 Å². The second kappa shape index (κ2) is 10.2. The lowest BCUT2D eigenvalue weighted by Crippen LogP contribution is -2.42. The highest BCUT2D eigenvalue weighted by Crippen LogP contribution is 2.39. The Morgan fingerprint density at radius 2 is 1.95 bits per heavy atom. The van der Waals surface area contributed by atoms with E-state index >= 15 is 0 Å². The summed E-state index contributed by atoms with van der Waals surface area (Å²) in [6.07, 6.45) is -3.03. The molecule has 0 saturated carbocycles. The van der Waals surface area contributed by atoms with E-state index < -0.39 is 47.1 Å². The van der Waals surface area contributed by atoms with E-state index in [-0.39, 0.29) is 46.5 Å². The molecule has 5 rings (SSSR count). The van der Waals surface area contributed by atoms with Crippen LogP contribution in [-0.2, 0) is 6.18 Å². The van der Waals surface area contributed by atoms with E-state index in [0.717, 1.165) is 16.9 Å². The first-order valence-corrected chi connectivity index (χ1v) is 11.8. The van der Waals surface area contributed by atoms with Gasteiger partial charge in [0.25, 0.3) is 11.8 Å². The lowest BCUT2D eigenvalue weighted by atomic mass is 10.1. The third-order valence-corrected chi connectivity index (χ3v) is 6.38. The molecule has 4 aromatic heterocycles. The van der Waals surface area contributed by atoms with E-state index in [1.807, 2.05) is 0 Å². The number of halogens is 5. The molecule has 0 unspecified atom stereocenters. The van der Waals surface area contributed by atoms with Gasteiger partial charge in [-0.15, -0.1) is 5.10 Å². The van der Waals surface area contributed by atoms with Crippen LogP contribution < -0.4 is 15.8 Å². The molecule has 5 heterocycles.